The average molecular weight is 604 g/mol. The topological polar surface area (TPSA) is 39.1 Å². The molecular weight excluding hydrogens is 574 g/mol. The standard InChI is InChI=1S/C44H29NO2/c1-19-7-8-23(13-20(19)2)21(3)45-42-22-9-11-26-16-29-18-28-14-24-5-4-6-25-15-30-17-27(12-10-22)43(46)36(30)39-32(25)31(24)37-33(28)34(29)38(35(26)42)41(40(37)39)44(45)47/h4,6-9,11-16,21H,5,10,17-18H2,1-3H3/b27-12-. The molecule has 0 radical (unpaired) electrons. The lowest BCUT2D eigenvalue weighted by Crippen LogP contribution is -2.26. The number of pyridine rings is 1. The molecule has 1 aromatic heterocycles. The van der Waals surface area contributed by atoms with Crippen LogP contribution < -0.4 is 5.56 Å². The molecule has 6 aromatic carbocycles. The number of aryl methyl sites for hydroxylation is 2. The van der Waals surface area contributed by atoms with Crippen molar-refractivity contribution in [3.8, 4) is 22.3 Å². The fourth-order valence-electron chi connectivity index (χ4n) is 10.3. The lowest BCUT2D eigenvalue weighted by molar-refractivity contribution is 0.104. The van der Waals surface area contributed by atoms with Gasteiger partial charge in [0.05, 0.1) is 16.9 Å². The average Bonchev–Trinajstić information content (AvgIpc) is 3.66. The quantitative estimate of drug-likeness (QED) is 0.146. The number of carbonyl (C=O) groups excluding carboxylic acids is 1. The van der Waals surface area contributed by atoms with Gasteiger partial charge in [-0.05, 0) is 123 Å². The Labute approximate surface area is 270 Å². The summed E-state index contributed by atoms with van der Waals surface area (Å²) in [5.74, 6) is 0.139. The van der Waals surface area contributed by atoms with E-state index >= 15 is 4.79 Å². The second-order valence-electron chi connectivity index (χ2n) is 14.7. The van der Waals surface area contributed by atoms with Gasteiger partial charge in [-0.15, -0.1) is 0 Å². The van der Waals surface area contributed by atoms with Crippen molar-refractivity contribution in [2.24, 2.45) is 0 Å². The summed E-state index contributed by atoms with van der Waals surface area (Å²) in [5, 5.41) is 8.09. The van der Waals surface area contributed by atoms with Gasteiger partial charge in [-0.1, -0.05) is 66.8 Å². The molecule has 0 amide bonds. The molecule has 3 nitrogen and oxygen atoms in total. The molecule has 8 bridgehead atoms. The fraction of sp³-hybridized carbons (Fsp3) is 0.182. The third kappa shape index (κ3) is 2.65. The molecule has 6 aliphatic rings. The predicted octanol–water partition coefficient (Wildman–Crippen LogP) is 9.47. The SMILES string of the molecule is Cc1ccc(C(C)n2c(=O)c3c4c5c6c7cc8c5c5c(cc9ccc(c2c9c35)C/C=C2/Cc3cc(c-6c-4c3C2=O)C=CC7)C8)cc1C. The molecule has 1 atom stereocenters. The van der Waals surface area contributed by atoms with Gasteiger partial charge in [0.15, 0.2) is 5.78 Å². The summed E-state index contributed by atoms with van der Waals surface area (Å²) < 4.78 is 2.12. The highest BCUT2D eigenvalue weighted by Crippen LogP contribution is 2.61. The van der Waals surface area contributed by atoms with Crippen LogP contribution in [0.15, 0.2) is 71.1 Å². The number of ketones is 1. The Hall–Kier alpha value is -5.28. The first-order chi connectivity index (χ1) is 22.9. The minimum atomic E-state index is -0.175. The normalized spacial score (nSPS) is 17.7. The smallest absolute Gasteiger partial charge is 0.260 e. The zero-order chi connectivity index (χ0) is 31.2. The van der Waals surface area contributed by atoms with E-state index in [1.54, 1.807) is 0 Å². The van der Waals surface area contributed by atoms with Crippen molar-refractivity contribution in [2.75, 3.05) is 0 Å². The number of Topliss-reactive ketones (excluding diaryl/α,β-unsaturated/α-hetero) is 1. The summed E-state index contributed by atoms with van der Waals surface area (Å²) in [4.78, 5) is 30.2. The number of carbonyl (C=O) groups is 1. The fourth-order valence-corrected chi connectivity index (χ4v) is 10.3. The summed E-state index contributed by atoms with van der Waals surface area (Å²) in [6, 6.07) is 18.0. The van der Waals surface area contributed by atoms with Crippen LogP contribution in [-0.2, 0) is 25.7 Å². The Bertz CT molecular complexity index is 2910. The first-order valence-electron chi connectivity index (χ1n) is 17.0. The van der Waals surface area contributed by atoms with Crippen molar-refractivity contribution in [1.29, 1.82) is 0 Å². The molecule has 222 valence electrons. The number of hydrogen-bond donors (Lipinski definition) is 0. The molecule has 47 heavy (non-hydrogen) atoms. The van der Waals surface area contributed by atoms with Gasteiger partial charge >= 0.3 is 0 Å². The lowest BCUT2D eigenvalue weighted by atomic mass is 9.85. The minimum absolute atomic E-state index is 0.0608. The van der Waals surface area contributed by atoms with Gasteiger partial charge in [-0.3, -0.25) is 9.59 Å². The molecule has 0 saturated heterocycles. The van der Waals surface area contributed by atoms with E-state index in [1.807, 2.05) is 0 Å². The number of allylic oxidation sites excluding steroid dienone is 3. The Morgan fingerprint density at radius 3 is 2.36 bits per heavy atom. The molecule has 1 unspecified atom stereocenters. The Morgan fingerprint density at radius 2 is 1.49 bits per heavy atom. The zero-order valence-corrected chi connectivity index (χ0v) is 26.5. The predicted molar refractivity (Wildman–Crippen MR) is 191 cm³/mol. The first kappa shape index (κ1) is 24.9. The van der Waals surface area contributed by atoms with E-state index in [1.165, 1.54) is 65.9 Å². The largest absolute Gasteiger partial charge is 0.300 e. The van der Waals surface area contributed by atoms with Crippen molar-refractivity contribution < 1.29 is 4.79 Å². The maximum Gasteiger partial charge on any atom is 0.260 e. The Kier molecular flexibility index (Phi) is 4.13. The highest BCUT2D eigenvalue weighted by atomic mass is 16.1. The van der Waals surface area contributed by atoms with Crippen LogP contribution in [0.4, 0.5) is 0 Å². The van der Waals surface area contributed by atoms with Crippen LogP contribution in [-0.4, -0.2) is 10.4 Å². The molecule has 13 rings (SSSR count). The highest BCUT2D eigenvalue weighted by Gasteiger charge is 2.41. The van der Waals surface area contributed by atoms with Crippen LogP contribution >= 0.6 is 0 Å². The van der Waals surface area contributed by atoms with E-state index in [4.69, 9.17) is 0 Å². The Morgan fingerprint density at radius 1 is 0.638 bits per heavy atom. The Balaban J connectivity index is 1.41. The number of nitrogens with zero attached hydrogens (tertiary/aromatic N) is 1. The first-order valence-corrected chi connectivity index (χ1v) is 17.0. The summed E-state index contributed by atoms with van der Waals surface area (Å²) >= 11 is 0. The second-order valence-corrected chi connectivity index (χ2v) is 14.7. The van der Waals surface area contributed by atoms with Gasteiger partial charge in [0.1, 0.15) is 0 Å². The van der Waals surface area contributed by atoms with E-state index in [0.717, 1.165) is 73.6 Å². The minimum Gasteiger partial charge on any atom is -0.300 e. The molecule has 0 fully saturated rings. The van der Waals surface area contributed by atoms with E-state index in [0.29, 0.717) is 12.8 Å². The van der Waals surface area contributed by atoms with Gasteiger partial charge in [-0.25, -0.2) is 0 Å². The van der Waals surface area contributed by atoms with Crippen LogP contribution in [0.3, 0.4) is 0 Å². The van der Waals surface area contributed by atoms with E-state index in [9.17, 15) is 4.79 Å². The van der Waals surface area contributed by atoms with Crippen LogP contribution in [0.2, 0.25) is 0 Å². The van der Waals surface area contributed by atoms with Crippen molar-refractivity contribution in [3.63, 3.8) is 0 Å². The van der Waals surface area contributed by atoms with E-state index in [-0.39, 0.29) is 17.4 Å². The van der Waals surface area contributed by atoms with Gasteiger partial charge in [0.2, 0.25) is 0 Å². The maximum absolute atomic E-state index is 15.7. The second kappa shape index (κ2) is 7.81. The van der Waals surface area contributed by atoms with Crippen molar-refractivity contribution in [1.82, 2.24) is 4.57 Å². The van der Waals surface area contributed by atoms with Crippen LogP contribution in [0, 0.1) is 13.8 Å². The number of fused-ring (bicyclic) bond motifs is 2. The molecule has 1 aliphatic heterocycles. The van der Waals surface area contributed by atoms with Gasteiger partial charge in [0.25, 0.3) is 5.56 Å². The molecule has 7 aromatic rings. The number of rotatable bonds is 2. The van der Waals surface area contributed by atoms with Crippen molar-refractivity contribution in [3.05, 3.63) is 132 Å². The molecular formula is C44H29NO2. The maximum atomic E-state index is 15.7. The molecule has 3 heteroatoms. The molecule has 2 heterocycles. The van der Waals surface area contributed by atoms with Gasteiger partial charge < -0.3 is 4.57 Å². The lowest BCUT2D eigenvalue weighted by Gasteiger charge is -2.26. The molecule has 5 aliphatic carbocycles. The zero-order valence-electron chi connectivity index (χ0n) is 26.5. The summed E-state index contributed by atoms with van der Waals surface area (Å²) in [6.45, 7) is 6.49. The molecule has 0 spiro atoms. The monoisotopic (exact) mass is 603 g/mol. The summed E-state index contributed by atoms with van der Waals surface area (Å²) in [7, 11) is 0. The highest BCUT2D eigenvalue weighted by molar-refractivity contribution is 6.41. The molecule has 0 N–H and O–H groups in total. The van der Waals surface area contributed by atoms with Crippen molar-refractivity contribution in [2.45, 2.75) is 52.5 Å². The van der Waals surface area contributed by atoms with Gasteiger partial charge in [0, 0.05) is 39.5 Å². The number of benzene rings is 6. The third-order valence-corrected chi connectivity index (χ3v) is 12.4. The van der Waals surface area contributed by atoms with Crippen molar-refractivity contribution >= 4 is 55.1 Å². The molecule has 0 saturated carbocycles. The van der Waals surface area contributed by atoms with Crippen LogP contribution in [0.5, 0.6) is 0 Å². The summed E-state index contributed by atoms with van der Waals surface area (Å²) in [5.41, 5.74) is 18.2. The number of hydrogen-bond acceptors (Lipinski definition) is 2. The van der Waals surface area contributed by atoms with Gasteiger partial charge in [-0.2, -0.15) is 0 Å². The summed E-state index contributed by atoms with van der Waals surface area (Å²) in [6.07, 6.45) is 9.68. The van der Waals surface area contributed by atoms with E-state index in [2.05, 4.69) is 92.1 Å². The van der Waals surface area contributed by atoms with Crippen LogP contribution in [0.1, 0.15) is 73.4 Å². The van der Waals surface area contributed by atoms with Crippen LogP contribution in [0.25, 0.3) is 71.6 Å². The number of aromatic nitrogens is 1. The third-order valence-electron chi connectivity index (χ3n) is 12.4. The van der Waals surface area contributed by atoms with E-state index < -0.39 is 0 Å².